The molecule has 0 amide bonds. The molecule has 1 N–H and O–H groups in total. The van der Waals surface area contributed by atoms with Gasteiger partial charge in [0.2, 0.25) is 0 Å². The zero-order valence-corrected chi connectivity index (χ0v) is 18.8. The zero-order valence-electron chi connectivity index (χ0n) is 14.5. The van der Waals surface area contributed by atoms with E-state index in [0.717, 1.165) is 18.5 Å². The van der Waals surface area contributed by atoms with E-state index in [2.05, 4.69) is 60.5 Å². The van der Waals surface area contributed by atoms with Gasteiger partial charge in [0.05, 0.1) is 5.69 Å². The largest absolute Gasteiger partial charge is 0.339 e. The third-order valence-corrected chi connectivity index (χ3v) is 5.48. The second-order valence-corrected chi connectivity index (χ2v) is 8.47. The van der Waals surface area contributed by atoms with E-state index < -0.39 is 0 Å². The van der Waals surface area contributed by atoms with Crippen LogP contribution in [0.15, 0.2) is 82.7 Å². The summed E-state index contributed by atoms with van der Waals surface area (Å²) in [5, 5.41) is 3.26. The number of hydrogen-bond donors (Lipinski definition) is 1. The third-order valence-electron chi connectivity index (χ3n) is 4.05. The summed E-state index contributed by atoms with van der Waals surface area (Å²) in [6.45, 7) is 0. The Morgan fingerprint density at radius 3 is 2.32 bits per heavy atom. The minimum atomic E-state index is -0.173. The fourth-order valence-corrected chi connectivity index (χ4v) is 3.37. The number of anilines is 2. The Kier molecular flexibility index (Phi) is 5.72. The molecule has 28 heavy (non-hydrogen) atoms. The average molecular weight is 592 g/mol. The van der Waals surface area contributed by atoms with Crippen molar-refractivity contribution in [2.75, 3.05) is 5.32 Å². The first-order valence-electron chi connectivity index (χ1n) is 8.44. The molecule has 0 aliphatic carbocycles. The number of aliphatic imine (C=N–C) groups is 1. The number of rotatable bonds is 4. The fourth-order valence-electron chi connectivity index (χ4n) is 2.65. The van der Waals surface area contributed by atoms with Crippen molar-refractivity contribution < 1.29 is 0 Å². The number of pyridine rings is 1. The lowest BCUT2D eigenvalue weighted by molar-refractivity contribution is 1.04. The first-order chi connectivity index (χ1) is 13.6. The molecular formula is C21H14I2N4O. The molecule has 0 atom stereocenters. The van der Waals surface area contributed by atoms with E-state index in [1.54, 1.807) is 18.5 Å². The van der Waals surface area contributed by atoms with Crippen LogP contribution in [0.4, 0.5) is 17.2 Å². The Labute approximate surface area is 188 Å². The van der Waals surface area contributed by atoms with Crippen LogP contribution in [0.2, 0.25) is 0 Å². The summed E-state index contributed by atoms with van der Waals surface area (Å²) >= 11 is 4.50. The van der Waals surface area contributed by atoms with Crippen molar-refractivity contribution >= 4 is 74.2 Å². The maximum atomic E-state index is 13.1. The molecule has 0 bridgehead atoms. The summed E-state index contributed by atoms with van der Waals surface area (Å²) in [5.74, 6) is 0.478. The van der Waals surface area contributed by atoms with E-state index >= 15 is 0 Å². The smallest absolute Gasteiger partial charge is 0.268 e. The molecule has 2 heterocycles. The number of halogens is 2. The highest BCUT2D eigenvalue weighted by atomic mass is 127. The third kappa shape index (κ3) is 4.25. The van der Waals surface area contributed by atoms with Crippen molar-refractivity contribution in [2.24, 2.45) is 4.99 Å². The molecule has 0 fully saturated rings. The molecule has 7 heteroatoms. The number of nitrogens with one attached hydrogen (secondary N) is 1. The molecule has 0 saturated carbocycles. The lowest BCUT2D eigenvalue weighted by Crippen LogP contribution is -2.21. The lowest BCUT2D eigenvalue weighted by atomic mass is 10.2. The van der Waals surface area contributed by atoms with Gasteiger partial charge in [-0.05, 0) is 106 Å². The quantitative estimate of drug-likeness (QED) is 0.255. The van der Waals surface area contributed by atoms with Crippen molar-refractivity contribution in [3.05, 3.63) is 96.0 Å². The van der Waals surface area contributed by atoms with Gasteiger partial charge in [0.25, 0.3) is 5.56 Å². The highest BCUT2D eigenvalue weighted by molar-refractivity contribution is 14.1. The van der Waals surface area contributed by atoms with Gasteiger partial charge >= 0.3 is 0 Å². The van der Waals surface area contributed by atoms with Gasteiger partial charge in [-0.2, -0.15) is 0 Å². The van der Waals surface area contributed by atoms with Crippen molar-refractivity contribution in [1.82, 2.24) is 9.38 Å². The predicted octanol–water partition coefficient (Wildman–Crippen LogP) is 5.40. The Hall–Kier alpha value is -2.27. The van der Waals surface area contributed by atoms with Gasteiger partial charge in [-0.1, -0.05) is 6.07 Å². The highest BCUT2D eigenvalue weighted by Gasteiger charge is 2.11. The summed E-state index contributed by atoms with van der Waals surface area (Å²) in [6, 6.07) is 21.2. The Balaban J connectivity index is 1.81. The summed E-state index contributed by atoms with van der Waals surface area (Å²) in [6.07, 6.45) is 3.29. The first-order valence-corrected chi connectivity index (χ1v) is 10.6. The lowest BCUT2D eigenvalue weighted by Gasteiger charge is -2.10. The number of fused-ring (bicyclic) bond motifs is 1. The molecule has 4 rings (SSSR count). The average Bonchev–Trinajstić information content (AvgIpc) is 2.71. The van der Waals surface area contributed by atoms with Gasteiger partial charge < -0.3 is 5.32 Å². The SMILES string of the molecule is O=c1c(C=Nc2ccc(I)cc2)c(Nc2ccc(I)cc2)nc2ccccn12. The summed E-state index contributed by atoms with van der Waals surface area (Å²) in [7, 11) is 0. The van der Waals surface area contributed by atoms with Crippen LogP contribution in [0.5, 0.6) is 0 Å². The fraction of sp³-hybridized carbons (Fsp3) is 0. The summed E-state index contributed by atoms with van der Waals surface area (Å²) in [4.78, 5) is 22.2. The van der Waals surface area contributed by atoms with E-state index in [1.807, 2.05) is 60.7 Å². The Morgan fingerprint density at radius 2 is 1.61 bits per heavy atom. The summed E-state index contributed by atoms with van der Waals surface area (Å²) < 4.78 is 3.79. The molecule has 0 saturated heterocycles. The maximum Gasteiger partial charge on any atom is 0.268 e. The number of benzene rings is 2. The van der Waals surface area contributed by atoms with Crippen LogP contribution in [0.25, 0.3) is 5.65 Å². The topological polar surface area (TPSA) is 58.8 Å². The normalized spacial score (nSPS) is 11.2. The molecule has 0 spiro atoms. The van der Waals surface area contributed by atoms with Crippen LogP contribution in [-0.4, -0.2) is 15.6 Å². The standard InChI is InChI=1S/C21H14I2N4O/c22-14-4-8-16(9-5-14)24-13-18-20(25-17-10-6-15(23)7-11-17)26-19-3-1-2-12-27(19)21(18)28/h1-13,25H. The minimum Gasteiger partial charge on any atom is -0.339 e. The Bertz CT molecular complexity index is 1220. The predicted molar refractivity (Wildman–Crippen MR) is 130 cm³/mol. The minimum absolute atomic E-state index is 0.173. The van der Waals surface area contributed by atoms with Gasteiger partial charge in [-0.3, -0.25) is 14.2 Å². The van der Waals surface area contributed by atoms with Crippen LogP contribution < -0.4 is 10.9 Å². The van der Waals surface area contributed by atoms with Crippen LogP contribution >= 0.6 is 45.2 Å². The molecule has 0 unspecified atom stereocenters. The van der Waals surface area contributed by atoms with E-state index in [-0.39, 0.29) is 5.56 Å². The van der Waals surface area contributed by atoms with Gasteiger partial charge in [-0.15, -0.1) is 0 Å². The van der Waals surface area contributed by atoms with E-state index in [9.17, 15) is 4.79 Å². The van der Waals surface area contributed by atoms with Gasteiger partial charge in [0.15, 0.2) is 0 Å². The van der Waals surface area contributed by atoms with Crippen molar-refractivity contribution in [2.45, 2.75) is 0 Å². The van der Waals surface area contributed by atoms with Crippen LogP contribution in [0, 0.1) is 7.14 Å². The molecule has 0 aliphatic heterocycles. The van der Waals surface area contributed by atoms with Crippen LogP contribution in [0.3, 0.4) is 0 Å². The number of hydrogen-bond acceptors (Lipinski definition) is 4. The molecule has 2 aromatic heterocycles. The van der Waals surface area contributed by atoms with Crippen molar-refractivity contribution in [1.29, 1.82) is 0 Å². The highest BCUT2D eigenvalue weighted by Crippen LogP contribution is 2.19. The van der Waals surface area contributed by atoms with Gasteiger partial charge in [-0.25, -0.2) is 4.98 Å². The van der Waals surface area contributed by atoms with Crippen molar-refractivity contribution in [3.8, 4) is 0 Å². The molecule has 138 valence electrons. The van der Waals surface area contributed by atoms with Gasteiger partial charge in [0.1, 0.15) is 17.0 Å². The molecule has 0 aliphatic rings. The number of nitrogens with zero attached hydrogens (tertiary/aromatic N) is 3. The van der Waals surface area contributed by atoms with E-state index in [1.165, 1.54) is 4.40 Å². The van der Waals surface area contributed by atoms with E-state index in [0.29, 0.717) is 17.0 Å². The monoisotopic (exact) mass is 592 g/mol. The molecule has 5 nitrogen and oxygen atoms in total. The first kappa shape index (κ1) is 19.1. The van der Waals surface area contributed by atoms with Crippen molar-refractivity contribution in [3.63, 3.8) is 0 Å². The molecule has 2 aromatic carbocycles. The second-order valence-electron chi connectivity index (χ2n) is 5.97. The maximum absolute atomic E-state index is 13.1. The second kappa shape index (κ2) is 8.39. The van der Waals surface area contributed by atoms with E-state index in [4.69, 9.17) is 0 Å². The van der Waals surface area contributed by atoms with Crippen LogP contribution in [0.1, 0.15) is 5.56 Å². The van der Waals surface area contributed by atoms with Crippen LogP contribution in [-0.2, 0) is 0 Å². The van der Waals surface area contributed by atoms with Gasteiger partial charge in [0, 0.05) is 25.2 Å². The number of aromatic nitrogens is 2. The Morgan fingerprint density at radius 1 is 0.929 bits per heavy atom. The molecular weight excluding hydrogens is 578 g/mol. The molecule has 0 radical (unpaired) electrons. The molecule has 4 aromatic rings. The zero-order chi connectivity index (χ0) is 19.5. The summed E-state index contributed by atoms with van der Waals surface area (Å²) in [5.41, 5.74) is 2.44.